The summed E-state index contributed by atoms with van der Waals surface area (Å²) in [4.78, 5) is 28.4. The number of carbonyl (C=O) groups excluding carboxylic acids is 2. The second kappa shape index (κ2) is 7.99. The molecule has 1 aromatic heterocycles. The van der Waals surface area contributed by atoms with E-state index in [-0.39, 0.29) is 18.4 Å². The van der Waals surface area contributed by atoms with Crippen LogP contribution in [0.3, 0.4) is 0 Å². The van der Waals surface area contributed by atoms with Crippen molar-refractivity contribution in [2.75, 3.05) is 31.6 Å². The average molecular weight is 347 g/mol. The molecule has 1 aliphatic heterocycles. The molecule has 0 unspecified atom stereocenters. The maximum Gasteiger partial charge on any atom is 0.240 e. The Kier molecular flexibility index (Phi) is 5.73. The number of amides is 2. The molecule has 0 bridgehead atoms. The number of nitrogens with zero attached hydrogens (tertiary/aromatic N) is 4. The summed E-state index contributed by atoms with van der Waals surface area (Å²) in [5, 5.41) is 7.32. The number of carbonyl (C=O) groups is 2. The first-order valence-electron chi connectivity index (χ1n) is 9.36. The Morgan fingerprint density at radius 2 is 2.12 bits per heavy atom. The fourth-order valence-electron chi connectivity index (χ4n) is 3.82. The van der Waals surface area contributed by atoms with Crippen molar-refractivity contribution < 1.29 is 9.59 Å². The Bertz CT molecular complexity index is 621. The lowest BCUT2D eigenvalue weighted by Gasteiger charge is -2.31. The molecule has 2 heterocycles. The minimum atomic E-state index is -0.113. The van der Waals surface area contributed by atoms with E-state index in [1.807, 2.05) is 13.0 Å². The molecule has 0 aromatic carbocycles. The van der Waals surface area contributed by atoms with Gasteiger partial charge in [-0.3, -0.25) is 14.5 Å². The molecule has 3 rings (SSSR count). The quantitative estimate of drug-likeness (QED) is 0.842. The number of likely N-dealkylation sites (N-methyl/N-ethyl adjacent to an activating group) is 1. The van der Waals surface area contributed by atoms with Crippen molar-refractivity contribution in [2.45, 2.75) is 58.0 Å². The van der Waals surface area contributed by atoms with Crippen LogP contribution in [0, 0.1) is 6.92 Å². The summed E-state index contributed by atoms with van der Waals surface area (Å²) in [6.07, 6.45) is 6.88. The van der Waals surface area contributed by atoms with Crippen molar-refractivity contribution >= 4 is 17.6 Å². The predicted octanol–water partition coefficient (Wildman–Crippen LogP) is 1.31. The van der Waals surface area contributed by atoms with Crippen molar-refractivity contribution in [3.63, 3.8) is 0 Å². The minimum Gasteiger partial charge on any atom is -0.353 e. The van der Waals surface area contributed by atoms with Crippen LogP contribution in [0.2, 0.25) is 0 Å². The number of hydrogen-bond acceptors (Lipinski definition) is 4. The van der Waals surface area contributed by atoms with Gasteiger partial charge in [0, 0.05) is 31.6 Å². The largest absolute Gasteiger partial charge is 0.353 e. The van der Waals surface area contributed by atoms with Crippen LogP contribution in [-0.4, -0.2) is 59.2 Å². The van der Waals surface area contributed by atoms with Gasteiger partial charge in [0.05, 0.1) is 12.2 Å². The molecule has 25 heavy (non-hydrogen) atoms. The number of fused-ring (bicyclic) bond motifs is 1. The molecule has 2 amide bonds. The normalized spacial score (nSPS) is 18.5. The van der Waals surface area contributed by atoms with E-state index in [1.165, 1.54) is 32.1 Å². The maximum absolute atomic E-state index is 12.3. The number of nitrogens with one attached hydrogen (secondary N) is 1. The number of hydrogen-bond donors (Lipinski definition) is 1. The highest BCUT2D eigenvalue weighted by atomic mass is 16.2. The summed E-state index contributed by atoms with van der Waals surface area (Å²) in [6.45, 7) is 4.02. The molecule has 7 nitrogen and oxygen atoms in total. The van der Waals surface area contributed by atoms with E-state index in [0.717, 1.165) is 18.1 Å². The lowest BCUT2D eigenvalue weighted by atomic mass is 9.94. The zero-order valence-corrected chi connectivity index (χ0v) is 15.3. The van der Waals surface area contributed by atoms with Gasteiger partial charge in [-0.1, -0.05) is 19.3 Å². The van der Waals surface area contributed by atoms with Gasteiger partial charge < -0.3 is 10.2 Å². The number of aryl methyl sites for hydroxylation is 2. The topological polar surface area (TPSA) is 70.5 Å². The van der Waals surface area contributed by atoms with Gasteiger partial charge in [0.2, 0.25) is 11.8 Å². The van der Waals surface area contributed by atoms with Crippen molar-refractivity contribution in [1.29, 1.82) is 0 Å². The Morgan fingerprint density at radius 1 is 1.36 bits per heavy atom. The van der Waals surface area contributed by atoms with Gasteiger partial charge in [0.25, 0.3) is 0 Å². The summed E-state index contributed by atoms with van der Waals surface area (Å²) >= 11 is 0. The van der Waals surface area contributed by atoms with Gasteiger partial charge in [-0.15, -0.1) is 0 Å². The van der Waals surface area contributed by atoms with Gasteiger partial charge in [0.1, 0.15) is 12.4 Å². The van der Waals surface area contributed by atoms with Crippen LogP contribution >= 0.6 is 0 Å². The molecule has 2 aliphatic rings. The zero-order chi connectivity index (χ0) is 17.8. The van der Waals surface area contributed by atoms with Crippen LogP contribution in [0.15, 0.2) is 6.07 Å². The van der Waals surface area contributed by atoms with Gasteiger partial charge in [0.15, 0.2) is 0 Å². The second-order valence-corrected chi connectivity index (χ2v) is 7.22. The van der Waals surface area contributed by atoms with E-state index >= 15 is 0 Å². The fraction of sp³-hybridized carbons (Fsp3) is 0.722. The van der Waals surface area contributed by atoms with Crippen LogP contribution in [-0.2, 0) is 16.1 Å². The van der Waals surface area contributed by atoms with E-state index in [9.17, 15) is 9.59 Å². The molecule has 1 fully saturated rings. The number of rotatable bonds is 6. The van der Waals surface area contributed by atoms with Crippen molar-refractivity contribution in [2.24, 2.45) is 0 Å². The first-order valence-corrected chi connectivity index (χ1v) is 9.36. The van der Waals surface area contributed by atoms with Crippen LogP contribution < -0.4 is 10.2 Å². The van der Waals surface area contributed by atoms with E-state index < -0.39 is 0 Å². The van der Waals surface area contributed by atoms with Gasteiger partial charge in [-0.05, 0) is 26.8 Å². The molecular weight excluding hydrogens is 318 g/mol. The second-order valence-electron chi connectivity index (χ2n) is 7.22. The Balaban J connectivity index is 1.47. The molecule has 0 spiro atoms. The molecule has 1 aromatic rings. The molecule has 0 radical (unpaired) electrons. The van der Waals surface area contributed by atoms with E-state index in [2.05, 4.69) is 22.4 Å². The highest BCUT2D eigenvalue weighted by molar-refractivity contribution is 5.98. The van der Waals surface area contributed by atoms with Crippen LogP contribution in [0.5, 0.6) is 0 Å². The smallest absolute Gasteiger partial charge is 0.240 e. The van der Waals surface area contributed by atoms with Crippen LogP contribution in [0.25, 0.3) is 0 Å². The van der Waals surface area contributed by atoms with Gasteiger partial charge in [-0.25, -0.2) is 4.68 Å². The molecule has 0 saturated heterocycles. The monoisotopic (exact) mass is 347 g/mol. The number of aromatic nitrogens is 2. The van der Waals surface area contributed by atoms with E-state index in [4.69, 9.17) is 0 Å². The summed E-state index contributed by atoms with van der Waals surface area (Å²) in [7, 11) is 2.14. The Labute approximate surface area is 149 Å². The van der Waals surface area contributed by atoms with E-state index in [1.54, 1.807) is 9.58 Å². The highest BCUT2D eigenvalue weighted by Gasteiger charge is 2.27. The highest BCUT2D eigenvalue weighted by Crippen LogP contribution is 2.22. The third-order valence-corrected chi connectivity index (χ3v) is 5.28. The maximum atomic E-state index is 12.3. The minimum absolute atomic E-state index is 0.0122. The fourth-order valence-corrected chi connectivity index (χ4v) is 3.82. The lowest BCUT2D eigenvalue weighted by Crippen LogP contribution is -2.46. The first kappa shape index (κ1) is 17.9. The third-order valence-electron chi connectivity index (χ3n) is 5.28. The number of anilines is 1. The van der Waals surface area contributed by atoms with Crippen molar-refractivity contribution in [3.8, 4) is 0 Å². The standard InChI is InChI=1S/C18H29N5O2/c1-14-12-17-22(18(25)8-10-23(17)20-14)13-16(24)19-9-11-21(2)15-6-4-3-5-7-15/h12,15H,3-11,13H2,1-2H3,(H,19,24). The average Bonchev–Trinajstić information content (AvgIpc) is 2.99. The molecule has 1 saturated carbocycles. The molecule has 138 valence electrons. The molecular formula is C18H29N5O2. The van der Waals surface area contributed by atoms with Gasteiger partial charge in [-0.2, -0.15) is 5.10 Å². The van der Waals surface area contributed by atoms with E-state index in [0.29, 0.717) is 25.6 Å². The van der Waals surface area contributed by atoms with Crippen LogP contribution in [0.1, 0.15) is 44.2 Å². The summed E-state index contributed by atoms with van der Waals surface area (Å²) in [5.41, 5.74) is 0.865. The SMILES string of the molecule is Cc1cc2n(n1)CCC(=O)N2CC(=O)NCCN(C)C1CCCCC1. The molecule has 1 N–H and O–H groups in total. The summed E-state index contributed by atoms with van der Waals surface area (Å²) < 4.78 is 1.81. The third kappa shape index (κ3) is 4.39. The Morgan fingerprint density at radius 3 is 2.88 bits per heavy atom. The molecule has 7 heteroatoms. The van der Waals surface area contributed by atoms with Crippen molar-refractivity contribution in [1.82, 2.24) is 20.0 Å². The zero-order valence-electron chi connectivity index (χ0n) is 15.3. The van der Waals surface area contributed by atoms with Crippen LogP contribution in [0.4, 0.5) is 5.82 Å². The first-order chi connectivity index (χ1) is 12.0. The predicted molar refractivity (Wildman–Crippen MR) is 96.4 cm³/mol. The lowest BCUT2D eigenvalue weighted by molar-refractivity contribution is -0.124. The molecule has 1 aliphatic carbocycles. The van der Waals surface area contributed by atoms with Crippen molar-refractivity contribution in [3.05, 3.63) is 11.8 Å². The van der Waals surface area contributed by atoms with Gasteiger partial charge >= 0.3 is 0 Å². The summed E-state index contributed by atoms with van der Waals surface area (Å²) in [6, 6.07) is 2.51. The summed E-state index contributed by atoms with van der Waals surface area (Å²) in [5.74, 6) is 0.600. The Hall–Kier alpha value is -1.89. The molecule has 0 atom stereocenters.